The Labute approximate surface area is 200 Å². The van der Waals surface area contributed by atoms with E-state index in [1.165, 1.54) is 50.9 Å². The van der Waals surface area contributed by atoms with Crippen molar-refractivity contribution in [1.82, 2.24) is 30.9 Å². The second kappa shape index (κ2) is 11.8. The van der Waals surface area contributed by atoms with E-state index in [2.05, 4.69) is 36.2 Å². The Bertz CT molecular complexity index is 1180. The van der Waals surface area contributed by atoms with Gasteiger partial charge < -0.3 is 26.0 Å². The van der Waals surface area contributed by atoms with Gasteiger partial charge >= 0.3 is 6.03 Å². The van der Waals surface area contributed by atoms with E-state index in [1.54, 1.807) is 6.07 Å². The van der Waals surface area contributed by atoms with E-state index in [0.717, 1.165) is 0 Å². The summed E-state index contributed by atoms with van der Waals surface area (Å²) in [5.74, 6) is -0.302. The molecule has 0 saturated carbocycles. The number of aromatic nitrogens is 3. The van der Waals surface area contributed by atoms with E-state index in [0.29, 0.717) is 30.2 Å². The number of hydrogen-bond donors (Lipinski definition) is 4. The molecule has 3 rings (SSSR count). The molecule has 2 aromatic heterocycles. The first kappa shape index (κ1) is 24.6. The van der Waals surface area contributed by atoms with Crippen LogP contribution in [-0.4, -0.2) is 54.1 Å². The highest BCUT2D eigenvalue weighted by Gasteiger charge is 2.17. The second-order valence-electron chi connectivity index (χ2n) is 6.90. The molecule has 0 aliphatic carbocycles. The third-order valence-electron chi connectivity index (χ3n) is 4.61. The van der Waals surface area contributed by atoms with E-state index < -0.39 is 5.82 Å². The van der Waals surface area contributed by atoms with Crippen LogP contribution in [0.25, 0.3) is 11.4 Å². The molecule has 0 spiro atoms. The summed E-state index contributed by atoms with van der Waals surface area (Å²) in [6, 6.07) is 5.39. The van der Waals surface area contributed by atoms with Crippen molar-refractivity contribution in [2.24, 2.45) is 0 Å². The highest BCUT2D eigenvalue weighted by molar-refractivity contribution is 6.30. The number of pyridine rings is 1. The second-order valence-corrected chi connectivity index (χ2v) is 7.33. The van der Waals surface area contributed by atoms with Crippen LogP contribution in [0.4, 0.5) is 20.7 Å². The normalized spacial score (nSPS) is 10.4. The van der Waals surface area contributed by atoms with Crippen LogP contribution >= 0.6 is 11.6 Å². The summed E-state index contributed by atoms with van der Waals surface area (Å²) in [6.07, 6.45) is 4.85. The number of nitrogens with one attached hydrogen (secondary N) is 4. The minimum absolute atomic E-state index is 0.0898. The average molecular weight is 488 g/mol. The molecule has 0 fully saturated rings. The number of carbonyl (C=O) groups is 2. The number of urea groups is 1. The molecule has 10 nitrogen and oxygen atoms in total. The highest BCUT2D eigenvalue weighted by Crippen LogP contribution is 2.30. The number of rotatable bonds is 9. The lowest BCUT2D eigenvalue weighted by atomic mass is 10.2. The summed E-state index contributed by atoms with van der Waals surface area (Å²) in [5, 5.41) is 11.2. The van der Waals surface area contributed by atoms with Crippen molar-refractivity contribution in [3.05, 3.63) is 59.3 Å². The third kappa shape index (κ3) is 6.29. The fourth-order valence-corrected chi connectivity index (χ4v) is 3.07. The van der Waals surface area contributed by atoms with Crippen molar-refractivity contribution in [1.29, 1.82) is 0 Å². The largest absolute Gasteiger partial charge is 0.491 e. The zero-order chi connectivity index (χ0) is 24.5. The monoisotopic (exact) mass is 487 g/mol. The summed E-state index contributed by atoms with van der Waals surface area (Å²) in [7, 11) is 2.96. The predicted molar refractivity (Wildman–Crippen MR) is 126 cm³/mol. The minimum atomic E-state index is -0.532. The SMILES string of the molecule is CNC(=O)NCCCNC(=O)c1cnccc1Nc1nc(-c2cc(Cl)ccc2F)ncc1OC. The van der Waals surface area contributed by atoms with Crippen LogP contribution < -0.4 is 26.0 Å². The number of halogens is 2. The topological polar surface area (TPSA) is 130 Å². The highest BCUT2D eigenvalue weighted by atomic mass is 35.5. The number of methoxy groups -OCH3 is 1. The van der Waals surface area contributed by atoms with E-state index in [1.807, 2.05) is 0 Å². The molecular weight excluding hydrogens is 465 g/mol. The Kier molecular flexibility index (Phi) is 8.52. The van der Waals surface area contributed by atoms with Crippen molar-refractivity contribution in [3.8, 4) is 17.1 Å². The van der Waals surface area contributed by atoms with Crippen LogP contribution in [0.3, 0.4) is 0 Å². The fraction of sp³-hybridized carbons (Fsp3) is 0.227. The molecule has 0 atom stereocenters. The maximum Gasteiger partial charge on any atom is 0.314 e. The number of benzene rings is 1. The zero-order valence-electron chi connectivity index (χ0n) is 18.5. The molecule has 0 aliphatic heterocycles. The zero-order valence-corrected chi connectivity index (χ0v) is 19.2. The van der Waals surface area contributed by atoms with Crippen LogP contribution in [0.2, 0.25) is 5.02 Å². The number of nitrogens with zero attached hydrogens (tertiary/aromatic N) is 3. The van der Waals surface area contributed by atoms with Crippen molar-refractivity contribution >= 4 is 35.0 Å². The maximum atomic E-state index is 14.3. The van der Waals surface area contributed by atoms with E-state index in [-0.39, 0.29) is 40.5 Å². The molecule has 178 valence electrons. The fourth-order valence-electron chi connectivity index (χ4n) is 2.90. The van der Waals surface area contributed by atoms with Gasteiger partial charge in [-0.25, -0.2) is 19.2 Å². The number of ether oxygens (including phenoxy) is 1. The van der Waals surface area contributed by atoms with Gasteiger partial charge in [0.05, 0.1) is 30.1 Å². The van der Waals surface area contributed by atoms with E-state index >= 15 is 0 Å². The molecule has 0 radical (unpaired) electrons. The Morgan fingerprint density at radius 1 is 1.15 bits per heavy atom. The van der Waals surface area contributed by atoms with Gasteiger partial charge in [0, 0.05) is 37.6 Å². The van der Waals surface area contributed by atoms with Crippen molar-refractivity contribution in [2.75, 3.05) is 32.6 Å². The summed E-state index contributed by atoms with van der Waals surface area (Å²) in [5.41, 5.74) is 0.791. The van der Waals surface area contributed by atoms with Crippen LogP contribution in [0, 0.1) is 5.82 Å². The Balaban J connectivity index is 1.78. The molecule has 3 aromatic rings. The summed E-state index contributed by atoms with van der Waals surface area (Å²) in [6.45, 7) is 0.741. The van der Waals surface area contributed by atoms with E-state index in [9.17, 15) is 14.0 Å². The predicted octanol–water partition coefficient (Wildman–Crippen LogP) is 3.13. The Hall–Kier alpha value is -3.99. The number of anilines is 2. The van der Waals surface area contributed by atoms with Crippen molar-refractivity contribution in [3.63, 3.8) is 0 Å². The summed E-state index contributed by atoms with van der Waals surface area (Å²) < 4.78 is 19.6. The van der Waals surface area contributed by atoms with Gasteiger partial charge in [0.15, 0.2) is 17.4 Å². The molecular formula is C22H23ClFN7O3. The smallest absolute Gasteiger partial charge is 0.314 e. The first-order chi connectivity index (χ1) is 16.4. The molecule has 0 unspecified atom stereocenters. The maximum absolute atomic E-state index is 14.3. The summed E-state index contributed by atoms with van der Waals surface area (Å²) in [4.78, 5) is 36.4. The van der Waals surface area contributed by atoms with Crippen molar-refractivity contribution < 1.29 is 18.7 Å². The lowest BCUT2D eigenvalue weighted by molar-refractivity contribution is 0.0954. The number of amides is 3. The molecule has 0 bridgehead atoms. The quantitative estimate of drug-likeness (QED) is 0.341. The van der Waals surface area contributed by atoms with Crippen LogP contribution in [0.5, 0.6) is 5.75 Å². The average Bonchev–Trinajstić information content (AvgIpc) is 2.85. The number of hydrogen-bond acceptors (Lipinski definition) is 7. The Morgan fingerprint density at radius 3 is 2.71 bits per heavy atom. The first-order valence-electron chi connectivity index (χ1n) is 10.2. The van der Waals surface area contributed by atoms with Crippen molar-refractivity contribution in [2.45, 2.75) is 6.42 Å². The van der Waals surface area contributed by atoms with Gasteiger partial charge in [-0.05, 0) is 30.7 Å². The van der Waals surface area contributed by atoms with Gasteiger partial charge in [0.1, 0.15) is 5.82 Å². The molecule has 12 heteroatoms. The van der Waals surface area contributed by atoms with Gasteiger partial charge in [-0.3, -0.25) is 9.78 Å². The van der Waals surface area contributed by atoms with Gasteiger partial charge in [0.2, 0.25) is 0 Å². The molecule has 3 amide bonds. The van der Waals surface area contributed by atoms with Gasteiger partial charge in [-0.2, -0.15) is 0 Å². The lowest BCUT2D eigenvalue weighted by Gasteiger charge is -2.14. The molecule has 4 N–H and O–H groups in total. The Morgan fingerprint density at radius 2 is 1.94 bits per heavy atom. The summed E-state index contributed by atoms with van der Waals surface area (Å²) >= 11 is 6.00. The van der Waals surface area contributed by atoms with Gasteiger partial charge in [-0.1, -0.05) is 11.6 Å². The van der Waals surface area contributed by atoms with E-state index in [4.69, 9.17) is 16.3 Å². The first-order valence-corrected chi connectivity index (χ1v) is 10.6. The molecule has 34 heavy (non-hydrogen) atoms. The molecule has 0 saturated heterocycles. The van der Waals surface area contributed by atoms with Crippen LogP contribution in [-0.2, 0) is 0 Å². The minimum Gasteiger partial charge on any atom is -0.491 e. The molecule has 1 aromatic carbocycles. The van der Waals surface area contributed by atoms with Gasteiger partial charge in [-0.15, -0.1) is 0 Å². The lowest BCUT2D eigenvalue weighted by Crippen LogP contribution is -2.35. The molecule has 2 heterocycles. The van der Waals surface area contributed by atoms with Crippen LogP contribution in [0.15, 0.2) is 42.9 Å². The number of carbonyl (C=O) groups excluding carboxylic acids is 2. The molecule has 0 aliphatic rings. The third-order valence-corrected chi connectivity index (χ3v) is 4.85. The standard InChI is InChI=1S/C22H23ClFN7O3/c1-25-22(33)28-8-3-7-27-21(32)15-11-26-9-6-17(15)30-20-18(34-2)12-29-19(31-20)14-10-13(23)4-5-16(14)24/h4-6,9-12H,3,7-8H2,1-2H3,(H,27,32)(H2,25,28,33)(H,26,29,30,31). The van der Waals surface area contributed by atoms with Crippen LogP contribution in [0.1, 0.15) is 16.8 Å². The van der Waals surface area contributed by atoms with Gasteiger partial charge in [0.25, 0.3) is 5.91 Å².